The number of hydroxylamine groups is 2. The van der Waals surface area contributed by atoms with Gasteiger partial charge in [-0.2, -0.15) is 5.06 Å². The highest BCUT2D eigenvalue weighted by Crippen LogP contribution is 2.37. The maximum absolute atomic E-state index is 10.8. The topological polar surface area (TPSA) is 99.6 Å². The number of rotatable bonds is 6. The van der Waals surface area contributed by atoms with Crippen LogP contribution in [-0.4, -0.2) is 53.7 Å². The SMILES string of the molecule is Brc1ccc2ccc(CNc3cccnc3)nc2c1.CC1CC(NC(=O)O)CN(O[Si](C)(C)C(C)(C)C)C1. The molecule has 8 nitrogen and oxygen atoms in total. The summed E-state index contributed by atoms with van der Waals surface area (Å²) in [5.74, 6) is 0.440. The van der Waals surface area contributed by atoms with Gasteiger partial charge < -0.3 is 20.3 Å². The highest BCUT2D eigenvalue weighted by Gasteiger charge is 2.41. The van der Waals surface area contributed by atoms with E-state index in [-0.39, 0.29) is 11.1 Å². The average molecular weight is 603 g/mol. The zero-order valence-electron chi connectivity index (χ0n) is 23.2. The Morgan fingerprint density at radius 2 is 1.95 bits per heavy atom. The van der Waals surface area contributed by atoms with E-state index in [1.165, 1.54) is 0 Å². The second-order valence-electron chi connectivity index (χ2n) is 11.4. The summed E-state index contributed by atoms with van der Waals surface area (Å²) >= 11 is 3.47. The van der Waals surface area contributed by atoms with E-state index >= 15 is 0 Å². The zero-order chi connectivity index (χ0) is 27.9. The molecule has 0 saturated carbocycles. The molecule has 1 fully saturated rings. The predicted molar refractivity (Wildman–Crippen MR) is 160 cm³/mol. The molecule has 0 spiro atoms. The molecule has 3 N–H and O–H groups in total. The van der Waals surface area contributed by atoms with Crippen molar-refractivity contribution in [3.63, 3.8) is 0 Å². The summed E-state index contributed by atoms with van der Waals surface area (Å²) < 4.78 is 7.31. The number of carboxylic acid groups (broad SMARTS) is 1. The Morgan fingerprint density at radius 1 is 1.21 bits per heavy atom. The van der Waals surface area contributed by atoms with Crippen molar-refractivity contribution in [1.82, 2.24) is 20.3 Å². The number of nitrogens with one attached hydrogen (secondary N) is 2. The zero-order valence-corrected chi connectivity index (χ0v) is 25.7. The summed E-state index contributed by atoms with van der Waals surface area (Å²) in [6.45, 7) is 15.4. The molecule has 1 saturated heterocycles. The molecule has 1 amide bonds. The quantitative estimate of drug-likeness (QED) is 0.264. The standard InChI is InChI=1S/C15H12BrN3.C13H28N2O3Si/c16-12-5-3-11-4-6-14(19-15(11)8-12)10-18-13-2-1-7-17-9-13;1-10-7-11(14-12(16)17)9-15(8-10)18-19(5,6)13(2,3)4/h1-9,18H,10H2;10-11,14H,7-9H2,1-6H3,(H,16,17). The van der Waals surface area contributed by atoms with Crippen LogP contribution in [0, 0.1) is 5.92 Å². The van der Waals surface area contributed by atoms with Crippen molar-refractivity contribution >= 4 is 46.9 Å². The number of piperidine rings is 1. The number of amides is 1. The maximum atomic E-state index is 10.8. The van der Waals surface area contributed by atoms with E-state index in [0.29, 0.717) is 19.0 Å². The lowest BCUT2D eigenvalue weighted by atomic mass is 9.97. The Bertz CT molecular complexity index is 1210. The third kappa shape index (κ3) is 9.04. The molecule has 1 aromatic carbocycles. The second-order valence-corrected chi connectivity index (χ2v) is 17.0. The Hall–Kier alpha value is -2.53. The van der Waals surface area contributed by atoms with Crippen molar-refractivity contribution in [1.29, 1.82) is 0 Å². The van der Waals surface area contributed by atoms with Gasteiger partial charge in [-0.1, -0.05) is 55.8 Å². The van der Waals surface area contributed by atoms with Gasteiger partial charge in [0.15, 0.2) is 0 Å². The molecular formula is C28H40BrN5O3Si. The van der Waals surface area contributed by atoms with Crippen molar-refractivity contribution in [2.45, 2.75) is 64.8 Å². The van der Waals surface area contributed by atoms with Crippen molar-refractivity contribution in [3.8, 4) is 0 Å². The summed E-state index contributed by atoms with van der Waals surface area (Å²) in [4.78, 5) is 19.5. The predicted octanol–water partition coefficient (Wildman–Crippen LogP) is 6.91. The lowest BCUT2D eigenvalue weighted by molar-refractivity contribution is -0.106. The fraction of sp³-hybridized carbons (Fsp3) is 0.464. The fourth-order valence-electron chi connectivity index (χ4n) is 4.01. The molecular weight excluding hydrogens is 562 g/mol. The van der Waals surface area contributed by atoms with Gasteiger partial charge in [0.2, 0.25) is 8.32 Å². The molecule has 38 heavy (non-hydrogen) atoms. The molecule has 0 radical (unpaired) electrons. The van der Waals surface area contributed by atoms with Crippen LogP contribution in [0.25, 0.3) is 10.9 Å². The van der Waals surface area contributed by atoms with Crippen LogP contribution < -0.4 is 10.6 Å². The third-order valence-electron chi connectivity index (χ3n) is 6.96. The minimum absolute atomic E-state index is 0.0361. The molecule has 10 heteroatoms. The number of aromatic nitrogens is 2. The number of nitrogens with zero attached hydrogens (tertiary/aromatic N) is 3. The lowest BCUT2D eigenvalue weighted by Crippen LogP contribution is -2.55. The van der Waals surface area contributed by atoms with Crippen LogP contribution in [0.3, 0.4) is 0 Å². The van der Waals surface area contributed by atoms with Crippen LogP contribution in [-0.2, 0) is 11.1 Å². The van der Waals surface area contributed by atoms with Gasteiger partial charge in [-0.3, -0.25) is 9.97 Å². The number of hydrogen-bond donors (Lipinski definition) is 3. The highest BCUT2D eigenvalue weighted by molar-refractivity contribution is 9.10. The van der Waals surface area contributed by atoms with E-state index in [1.807, 2.05) is 35.4 Å². The first-order valence-electron chi connectivity index (χ1n) is 12.9. The van der Waals surface area contributed by atoms with E-state index < -0.39 is 14.4 Å². The van der Waals surface area contributed by atoms with Gasteiger partial charge in [0, 0.05) is 41.4 Å². The molecule has 4 rings (SSSR count). The van der Waals surface area contributed by atoms with Gasteiger partial charge in [-0.15, -0.1) is 0 Å². The fourth-order valence-corrected chi connectivity index (χ4v) is 5.42. The molecule has 2 aromatic heterocycles. The number of hydrogen-bond acceptors (Lipinski definition) is 6. The molecule has 0 aliphatic carbocycles. The van der Waals surface area contributed by atoms with Gasteiger partial charge in [0.05, 0.1) is 23.4 Å². The van der Waals surface area contributed by atoms with Crippen molar-refractivity contribution in [2.24, 2.45) is 5.92 Å². The van der Waals surface area contributed by atoms with Crippen LogP contribution in [0.1, 0.15) is 39.8 Å². The van der Waals surface area contributed by atoms with Crippen LogP contribution >= 0.6 is 15.9 Å². The van der Waals surface area contributed by atoms with E-state index in [9.17, 15) is 4.79 Å². The van der Waals surface area contributed by atoms with Crippen molar-refractivity contribution < 1.29 is 14.4 Å². The first-order valence-corrected chi connectivity index (χ1v) is 16.6. The number of benzene rings is 1. The summed E-state index contributed by atoms with van der Waals surface area (Å²) in [6.07, 6.45) is 3.49. The van der Waals surface area contributed by atoms with Crippen LogP contribution in [0.2, 0.25) is 18.1 Å². The largest absolute Gasteiger partial charge is 0.465 e. The first kappa shape index (κ1) is 30.0. The van der Waals surface area contributed by atoms with Crippen molar-refractivity contribution in [3.05, 3.63) is 65.0 Å². The Balaban J connectivity index is 0.000000211. The van der Waals surface area contributed by atoms with E-state index in [0.717, 1.165) is 39.7 Å². The highest BCUT2D eigenvalue weighted by atomic mass is 79.9. The molecule has 3 heterocycles. The van der Waals surface area contributed by atoms with Crippen LogP contribution in [0.4, 0.5) is 10.5 Å². The van der Waals surface area contributed by atoms with Crippen LogP contribution in [0.5, 0.6) is 0 Å². The Kier molecular flexibility index (Phi) is 10.3. The minimum Gasteiger partial charge on any atom is -0.465 e. The van der Waals surface area contributed by atoms with E-state index in [2.05, 4.69) is 89.5 Å². The summed E-state index contributed by atoms with van der Waals surface area (Å²) in [6, 6.07) is 14.1. The van der Waals surface area contributed by atoms with Gasteiger partial charge in [-0.25, -0.2) is 4.79 Å². The third-order valence-corrected chi connectivity index (χ3v) is 11.8. The second kappa shape index (κ2) is 13.0. The molecule has 2 unspecified atom stereocenters. The summed E-state index contributed by atoms with van der Waals surface area (Å²) in [7, 11) is -1.84. The number of fused-ring (bicyclic) bond motifs is 1. The van der Waals surface area contributed by atoms with Gasteiger partial charge >= 0.3 is 6.09 Å². The van der Waals surface area contributed by atoms with Gasteiger partial charge in [0.25, 0.3) is 0 Å². The Morgan fingerprint density at radius 3 is 2.61 bits per heavy atom. The monoisotopic (exact) mass is 601 g/mol. The molecule has 1 aliphatic heterocycles. The number of halogens is 1. The number of pyridine rings is 2. The smallest absolute Gasteiger partial charge is 0.404 e. The van der Waals surface area contributed by atoms with Crippen molar-refractivity contribution in [2.75, 3.05) is 18.4 Å². The maximum Gasteiger partial charge on any atom is 0.404 e. The number of carbonyl (C=O) groups is 1. The van der Waals surface area contributed by atoms with Gasteiger partial charge in [-0.05, 0) is 60.8 Å². The number of anilines is 1. The van der Waals surface area contributed by atoms with E-state index in [1.54, 1.807) is 12.4 Å². The van der Waals surface area contributed by atoms with Gasteiger partial charge in [0.1, 0.15) is 0 Å². The Labute approximate surface area is 235 Å². The minimum atomic E-state index is -1.84. The molecule has 206 valence electrons. The molecule has 2 atom stereocenters. The molecule has 3 aromatic rings. The molecule has 0 bridgehead atoms. The van der Waals surface area contributed by atoms with Crippen LogP contribution in [0.15, 0.2) is 59.3 Å². The lowest BCUT2D eigenvalue weighted by Gasteiger charge is -2.43. The average Bonchev–Trinajstić information content (AvgIpc) is 2.81. The van der Waals surface area contributed by atoms with E-state index in [4.69, 9.17) is 9.63 Å². The normalized spacial score (nSPS) is 18.4. The summed E-state index contributed by atoms with van der Waals surface area (Å²) in [5.41, 5.74) is 3.01. The summed E-state index contributed by atoms with van der Waals surface area (Å²) in [5, 5.41) is 18.0. The first-order chi connectivity index (χ1) is 17.8. The molecule has 1 aliphatic rings.